The maximum atomic E-state index is 12.8. The molecule has 1 aromatic carbocycles. The highest BCUT2D eigenvalue weighted by atomic mass is 35.5. The smallest absolute Gasteiger partial charge is 0.231 e. The maximum absolute atomic E-state index is 12.8. The van der Waals surface area contributed by atoms with Gasteiger partial charge in [0.15, 0.2) is 9.84 Å². The van der Waals surface area contributed by atoms with E-state index >= 15 is 0 Å². The molecule has 1 amide bonds. The van der Waals surface area contributed by atoms with Crippen LogP contribution in [0, 0.1) is 5.92 Å². The fourth-order valence-corrected chi connectivity index (χ4v) is 5.08. The van der Waals surface area contributed by atoms with Gasteiger partial charge in [-0.3, -0.25) is 4.79 Å². The standard InChI is InChI=1S/C15H19ClN2O3S/c1-17-6-2-7-18(14-9-12(16)3-4-13(14)17)15(19)11-5-8-22(20,21)10-11/h3-4,9,11H,2,5-8,10H2,1H3/t11-/m1/s1. The second-order valence-electron chi connectivity index (χ2n) is 6.00. The highest BCUT2D eigenvalue weighted by Gasteiger charge is 2.37. The van der Waals surface area contributed by atoms with Crippen LogP contribution in [-0.2, 0) is 14.6 Å². The lowest BCUT2D eigenvalue weighted by atomic mass is 10.1. The number of sulfone groups is 1. The van der Waals surface area contributed by atoms with Gasteiger partial charge in [-0.05, 0) is 31.0 Å². The first kappa shape index (κ1) is 15.6. The number of halogens is 1. The van der Waals surface area contributed by atoms with Crippen molar-refractivity contribution in [3.63, 3.8) is 0 Å². The summed E-state index contributed by atoms with van der Waals surface area (Å²) in [4.78, 5) is 16.6. The third-order valence-electron chi connectivity index (χ3n) is 4.36. The lowest BCUT2D eigenvalue weighted by Crippen LogP contribution is -2.37. The van der Waals surface area contributed by atoms with Crippen molar-refractivity contribution in [2.24, 2.45) is 5.92 Å². The fraction of sp³-hybridized carbons (Fsp3) is 0.533. The molecular formula is C15H19ClN2O3S. The molecule has 1 aromatic rings. The Labute approximate surface area is 135 Å². The zero-order valence-corrected chi connectivity index (χ0v) is 14.0. The normalized spacial score (nSPS) is 24.0. The van der Waals surface area contributed by atoms with Gasteiger partial charge >= 0.3 is 0 Å². The number of fused-ring (bicyclic) bond motifs is 1. The Morgan fingerprint density at radius 1 is 1.27 bits per heavy atom. The molecule has 5 nitrogen and oxygen atoms in total. The second-order valence-corrected chi connectivity index (χ2v) is 8.66. The fourth-order valence-electron chi connectivity index (χ4n) is 3.18. The predicted molar refractivity (Wildman–Crippen MR) is 88.5 cm³/mol. The zero-order chi connectivity index (χ0) is 15.9. The van der Waals surface area contributed by atoms with E-state index < -0.39 is 15.8 Å². The average molecular weight is 343 g/mol. The lowest BCUT2D eigenvalue weighted by molar-refractivity contribution is -0.121. The molecule has 1 atom stereocenters. The minimum atomic E-state index is -3.07. The molecule has 0 aromatic heterocycles. The van der Waals surface area contributed by atoms with Crippen LogP contribution in [0.25, 0.3) is 0 Å². The van der Waals surface area contributed by atoms with Crippen LogP contribution >= 0.6 is 11.6 Å². The van der Waals surface area contributed by atoms with Gasteiger partial charge in [0, 0.05) is 25.2 Å². The van der Waals surface area contributed by atoms with Crippen molar-refractivity contribution in [3.8, 4) is 0 Å². The van der Waals surface area contributed by atoms with E-state index in [-0.39, 0.29) is 17.4 Å². The summed E-state index contributed by atoms with van der Waals surface area (Å²) in [6.07, 6.45) is 1.26. The van der Waals surface area contributed by atoms with Crippen molar-refractivity contribution in [1.29, 1.82) is 0 Å². The number of carbonyl (C=O) groups is 1. The first-order valence-electron chi connectivity index (χ1n) is 7.40. The minimum Gasteiger partial charge on any atom is -0.373 e. The van der Waals surface area contributed by atoms with E-state index in [1.54, 1.807) is 11.0 Å². The van der Waals surface area contributed by atoms with E-state index in [9.17, 15) is 13.2 Å². The zero-order valence-electron chi connectivity index (χ0n) is 12.5. The molecule has 22 heavy (non-hydrogen) atoms. The number of carbonyl (C=O) groups excluding carboxylic acids is 1. The van der Waals surface area contributed by atoms with E-state index in [4.69, 9.17) is 11.6 Å². The van der Waals surface area contributed by atoms with Crippen molar-refractivity contribution in [2.45, 2.75) is 12.8 Å². The van der Waals surface area contributed by atoms with Gasteiger partial charge in [0.2, 0.25) is 5.91 Å². The number of rotatable bonds is 1. The monoisotopic (exact) mass is 342 g/mol. The molecule has 120 valence electrons. The van der Waals surface area contributed by atoms with E-state index in [0.717, 1.165) is 24.3 Å². The molecule has 1 fully saturated rings. The van der Waals surface area contributed by atoms with Crippen LogP contribution in [-0.4, -0.2) is 46.0 Å². The summed E-state index contributed by atoms with van der Waals surface area (Å²) < 4.78 is 23.3. The number of amides is 1. The summed E-state index contributed by atoms with van der Waals surface area (Å²) in [5, 5.41) is 0.575. The highest BCUT2D eigenvalue weighted by Crippen LogP contribution is 2.35. The Morgan fingerprint density at radius 2 is 2.05 bits per heavy atom. The van der Waals surface area contributed by atoms with Gasteiger partial charge in [-0.15, -0.1) is 0 Å². The third-order valence-corrected chi connectivity index (χ3v) is 6.37. The summed E-state index contributed by atoms with van der Waals surface area (Å²) in [5.74, 6) is -0.451. The summed E-state index contributed by atoms with van der Waals surface area (Å²) in [7, 11) is -1.08. The lowest BCUT2D eigenvalue weighted by Gasteiger charge is -2.26. The number of nitrogens with zero attached hydrogens (tertiary/aromatic N) is 2. The van der Waals surface area contributed by atoms with Crippen molar-refractivity contribution in [2.75, 3.05) is 41.4 Å². The largest absolute Gasteiger partial charge is 0.373 e. The van der Waals surface area contributed by atoms with E-state index in [0.29, 0.717) is 18.0 Å². The Kier molecular flexibility index (Phi) is 4.07. The molecule has 2 heterocycles. The molecule has 0 bridgehead atoms. The van der Waals surface area contributed by atoms with E-state index in [1.807, 2.05) is 19.2 Å². The van der Waals surface area contributed by atoms with Gasteiger partial charge in [-0.2, -0.15) is 0 Å². The molecule has 0 spiro atoms. The van der Waals surface area contributed by atoms with Crippen molar-refractivity contribution in [1.82, 2.24) is 0 Å². The van der Waals surface area contributed by atoms with Crippen LogP contribution in [0.5, 0.6) is 0 Å². The van der Waals surface area contributed by atoms with Crippen LogP contribution in [0.3, 0.4) is 0 Å². The number of hydrogen-bond donors (Lipinski definition) is 0. The second kappa shape index (κ2) is 5.74. The van der Waals surface area contributed by atoms with Gasteiger partial charge in [0.25, 0.3) is 0 Å². The Bertz CT molecular complexity index is 705. The highest BCUT2D eigenvalue weighted by molar-refractivity contribution is 7.91. The van der Waals surface area contributed by atoms with Gasteiger partial charge in [-0.25, -0.2) is 8.42 Å². The van der Waals surface area contributed by atoms with Crippen molar-refractivity contribution < 1.29 is 13.2 Å². The quantitative estimate of drug-likeness (QED) is 0.782. The SMILES string of the molecule is CN1CCCN(C(=O)[C@@H]2CCS(=O)(=O)C2)c2cc(Cl)ccc21. The van der Waals surface area contributed by atoms with Gasteiger partial charge in [0.1, 0.15) is 0 Å². The van der Waals surface area contributed by atoms with Gasteiger partial charge in [0.05, 0.1) is 28.8 Å². The molecule has 0 aliphatic carbocycles. The first-order chi connectivity index (χ1) is 10.4. The first-order valence-corrected chi connectivity index (χ1v) is 9.60. The number of hydrogen-bond acceptors (Lipinski definition) is 4. The van der Waals surface area contributed by atoms with Gasteiger partial charge < -0.3 is 9.80 Å². The molecule has 0 saturated carbocycles. The van der Waals surface area contributed by atoms with Crippen LogP contribution in [0.1, 0.15) is 12.8 Å². The maximum Gasteiger partial charge on any atom is 0.231 e. The molecule has 0 radical (unpaired) electrons. The topological polar surface area (TPSA) is 57.7 Å². The summed E-state index contributed by atoms with van der Waals surface area (Å²) in [6, 6.07) is 5.51. The Balaban J connectivity index is 1.95. The van der Waals surface area contributed by atoms with E-state index in [1.165, 1.54) is 0 Å². The molecule has 0 unspecified atom stereocenters. The molecule has 7 heteroatoms. The summed E-state index contributed by atoms with van der Waals surface area (Å²) in [6.45, 7) is 1.44. The van der Waals surface area contributed by atoms with Crippen LogP contribution in [0.15, 0.2) is 18.2 Å². The molecule has 2 aliphatic rings. The van der Waals surface area contributed by atoms with Crippen LogP contribution in [0.2, 0.25) is 5.02 Å². The van der Waals surface area contributed by atoms with Crippen molar-refractivity contribution in [3.05, 3.63) is 23.2 Å². The van der Waals surface area contributed by atoms with Crippen molar-refractivity contribution >= 4 is 38.7 Å². The predicted octanol–water partition coefficient (Wildman–Crippen LogP) is 1.95. The number of benzene rings is 1. The Hall–Kier alpha value is -1.27. The summed E-state index contributed by atoms with van der Waals surface area (Å²) in [5.41, 5.74) is 1.73. The molecule has 3 rings (SSSR count). The molecular weight excluding hydrogens is 324 g/mol. The van der Waals surface area contributed by atoms with Gasteiger partial charge in [-0.1, -0.05) is 11.6 Å². The third kappa shape index (κ3) is 2.94. The van der Waals surface area contributed by atoms with Crippen LogP contribution < -0.4 is 9.80 Å². The summed E-state index contributed by atoms with van der Waals surface area (Å²) >= 11 is 6.10. The minimum absolute atomic E-state index is 0.0337. The molecule has 1 saturated heterocycles. The van der Waals surface area contributed by atoms with Crippen LogP contribution in [0.4, 0.5) is 11.4 Å². The number of anilines is 2. The van der Waals surface area contributed by atoms with E-state index in [2.05, 4.69) is 4.90 Å². The molecule has 2 aliphatic heterocycles. The Morgan fingerprint density at radius 3 is 2.73 bits per heavy atom. The molecule has 0 N–H and O–H groups in total. The average Bonchev–Trinajstić information content (AvgIpc) is 2.74.